The van der Waals surface area contributed by atoms with Crippen LogP contribution < -0.4 is 10.2 Å². The van der Waals surface area contributed by atoms with Crippen molar-refractivity contribution in [2.75, 3.05) is 16.8 Å². The van der Waals surface area contributed by atoms with Crippen molar-refractivity contribution in [2.45, 2.75) is 23.4 Å². The molecule has 1 aliphatic heterocycles. The van der Waals surface area contributed by atoms with E-state index >= 15 is 0 Å². The molecule has 1 aliphatic rings. The SMILES string of the molecule is CC(Sc1ccc(Cl)cn1)C(=O)N1CC(=O)Nc2cc(C(F)(F)F)ccc21. The molecule has 0 spiro atoms. The zero-order valence-electron chi connectivity index (χ0n) is 13.9. The van der Waals surface area contributed by atoms with Gasteiger partial charge >= 0.3 is 6.18 Å². The van der Waals surface area contributed by atoms with Crippen molar-refractivity contribution in [1.29, 1.82) is 0 Å². The second kappa shape index (κ2) is 7.40. The number of hydrogen-bond donors (Lipinski definition) is 1. The number of alkyl halides is 3. The maximum Gasteiger partial charge on any atom is 0.416 e. The summed E-state index contributed by atoms with van der Waals surface area (Å²) < 4.78 is 38.7. The molecule has 1 unspecified atom stereocenters. The van der Waals surface area contributed by atoms with E-state index in [4.69, 9.17) is 11.6 Å². The summed E-state index contributed by atoms with van der Waals surface area (Å²) in [5, 5.41) is 2.80. The maximum atomic E-state index is 12.9. The first-order chi connectivity index (χ1) is 12.6. The average Bonchev–Trinajstić information content (AvgIpc) is 2.61. The molecule has 0 aliphatic carbocycles. The molecule has 1 aromatic carbocycles. The van der Waals surface area contributed by atoms with E-state index in [0.717, 1.165) is 23.9 Å². The summed E-state index contributed by atoms with van der Waals surface area (Å²) in [4.78, 5) is 30.0. The Morgan fingerprint density at radius 1 is 1.33 bits per heavy atom. The number of carbonyl (C=O) groups excluding carboxylic acids is 2. The standard InChI is InChI=1S/C17H13ClF3N3O2S/c1-9(27-15-5-3-11(18)7-22-15)16(26)24-8-14(25)23-12-6-10(17(19,20)21)2-4-13(12)24/h2-7,9H,8H2,1H3,(H,23,25). The molecule has 1 aromatic heterocycles. The van der Waals surface area contributed by atoms with Gasteiger partial charge in [0, 0.05) is 6.20 Å². The van der Waals surface area contributed by atoms with Crippen molar-refractivity contribution in [3.8, 4) is 0 Å². The number of hydrogen-bond acceptors (Lipinski definition) is 4. The highest BCUT2D eigenvalue weighted by Gasteiger charge is 2.35. The van der Waals surface area contributed by atoms with Crippen molar-refractivity contribution in [1.82, 2.24) is 4.98 Å². The number of amides is 2. The number of nitrogens with zero attached hydrogens (tertiary/aromatic N) is 2. The molecule has 2 amide bonds. The summed E-state index contributed by atoms with van der Waals surface area (Å²) >= 11 is 6.94. The van der Waals surface area contributed by atoms with Crippen molar-refractivity contribution in [2.24, 2.45) is 0 Å². The lowest BCUT2D eigenvalue weighted by Gasteiger charge is -2.31. The molecule has 10 heteroatoms. The van der Waals surface area contributed by atoms with Gasteiger partial charge in [-0.15, -0.1) is 0 Å². The topological polar surface area (TPSA) is 62.3 Å². The summed E-state index contributed by atoms with van der Waals surface area (Å²) in [5.74, 6) is -0.968. The molecular formula is C17H13ClF3N3O2S. The molecule has 1 N–H and O–H groups in total. The fraction of sp³-hybridized carbons (Fsp3) is 0.235. The molecule has 1 atom stereocenters. The quantitative estimate of drug-likeness (QED) is 0.762. The van der Waals surface area contributed by atoms with Crippen molar-refractivity contribution < 1.29 is 22.8 Å². The van der Waals surface area contributed by atoms with Crippen LogP contribution in [0, 0.1) is 0 Å². The molecule has 0 fully saturated rings. The molecule has 0 saturated carbocycles. The van der Waals surface area contributed by atoms with E-state index in [9.17, 15) is 22.8 Å². The fourth-order valence-electron chi connectivity index (χ4n) is 2.55. The van der Waals surface area contributed by atoms with E-state index in [1.54, 1.807) is 19.1 Å². The van der Waals surface area contributed by atoms with E-state index < -0.39 is 28.8 Å². The maximum absolute atomic E-state index is 12.9. The Hall–Kier alpha value is -2.26. The largest absolute Gasteiger partial charge is 0.416 e. The van der Waals surface area contributed by atoms with Gasteiger partial charge in [-0.3, -0.25) is 14.5 Å². The van der Waals surface area contributed by atoms with E-state index in [0.29, 0.717) is 10.0 Å². The van der Waals surface area contributed by atoms with Crippen LogP contribution >= 0.6 is 23.4 Å². The Balaban J connectivity index is 1.85. The molecule has 3 rings (SSSR count). The molecule has 0 saturated heterocycles. The molecule has 27 heavy (non-hydrogen) atoms. The van der Waals surface area contributed by atoms with Crippen LogP contribution in [-0.2, 0) is 15.8 Å². The molecule has 5 nitrogen and oxygen atoms in total. The van der Waals surface area contributed by atoms with Gasteiger partial charge in [0.1, 0.15) is 6.54 Å². The average molecular weight is 416 g/mol. The minimum absolute atomic E-state index is 0.0451. The van der Waals surface area contributed by atoms with Crippen LogP contribution in [0.1, 0.15) is 12.5 Å². The van der Waals surface area contributed by atoms with Gasteiger partial charge < -0.3 is 5.32 Å². The predicted octanol–water partition coefficient (Wildman–Crippen LogP) is 4.22. The van der Waals surface area contributed by atoms with Crippen LogP contribution in [0.15, 0.2) is 41.6 Å². The van der Waals surface area contributed by atoms with Gasteiger partial charge in [0.15, 0.2) is 0 Å². The second-order valence-electron chi connectivity index (χ2n) is 5.78. The highest BCUT2D eigenvalue weighted by molar-refractivity contribution is 8.00. The van der Waals surface area contributed by atoms with Crippen LogP contribution in [0.5, 0.6) is 0 Å². The lowest BCUT2D eigenvalue weighted by Crippen LogP contribution is -2.45. The Bertz CT molecular complexity index is 890. The predicted molar refractivity (Wildman–Crippen MR) is 97.0 cm³/mol. The molecular weight excluding hydrogens is 403 g/mol. The van der Waals surface area contributed by atoms with Gasteiger partial charge in [-0.1, -0.05) is 23.4 Å². The highest BCUT2D eigenvalue weighted by Crippen LogP contribution is 2.37. The lowest BCUT2D eigenvalue weighted by atomic mass is 10.1. The zero-order valence-corrected chi connectivity index (χ0v) is 15.5. The van der Waals surface area contributed by atoms with Gasteiger partial charge in [-0.05, 0) is 37.3 Å². The third-order valence-corrected chi connectivity index (χ3v) is 5.06. The summed E-state index contributed by atoms with van der Waals surface area (Å²) in [6, 6.07) is 6.19. The van der Waals surface area contributed by atoms with Gasteiger partial charge in [-0.2, -0.15) is 13.2 Å². The molecule has 2 heterocycles. The number of nitrogens with one attached hydrogen (secondary N) is 1. The third kappa shape index (κ3) is 4.36. The smallest absolute Gasteiger partial charge is 0.323 e. The van der Waals surface area contributed by atoms with Crippen molar-refractivity contribution in [3.63, 3.8) is 0 Å². The second-order valence-corrected chi connectivity index (χ2v) is 7.57. The van der Waals surface area contributed by atoms with Crippen LogP contribution in [0.2, 0.25) is 5.02 Å². The number of fused-ring (bicyclic) bond motifs is 1. The van der Waals surface area contributed by atoms with E-state index in [-0.39, 0.29) is 17.9 Å². The Labute approximate surface area is 161 Å². The summed E-state index contributed by atoms with van der Waals surface area (Å²) in [6.45, 7) is 1.37. The summed E-state index contributed by atoms with van der Waals surface area (Å²) in [5.41, 5.74) is -0.719. The van der Waals surface area contributed by atoms with Gasteiger partial charge in [0.05, 0.1) is 32.2 Å². The Morgan fingerprint density at radius 2 is 2.07 bits per heavy atom. The third-order valence-electron chi connectivity index (χ3n) is 3.80. The number of carbonyl (C=O) groups is 2. The van der Waals surface area contributed by atoms with Crippen LogP contribution in [0.4, 0.5) is 24.5 Å². The molecule has 142 valence electrons. The normalized spacial score (nSPS) is 15.1. The van der Waals surface area contributed by atoms with E-state index in [2.05, 4.69) is 10.3 Å². The van der Waals surface area contributed by atoms with Crippen molar-refractivity contribution in [3.05, 3.63) is 47.1 Å². The summed E-state index contributed by atoms with van der Waals surface area (Å²) in [7, 11) is 0. The van der Waals surface area contributed by atoms with Gasteiger partial charge in [0.25, 0.3) is 0 Å². The number of anilines is 2. The van der Waals surface area contributed by atoms with Crippen molar-refractivity contribution >= 4 is 46.6 Å². The molecule has 0 bridgehead atoms. The number of halogens is 4. The number of aromatic nitrogens is 1. The number of benzene rings is 1. The first kappa shape index (κ1) is 19.5. The number of thioether (sulfide) groups is 1. The van der Waals surface area contributed by atoms with Crippen LogP contribution in [0.3, 0.4) is 0 Å². The summed E-state index contributed by atoms with van der Waals surface area (Å²) in [6.07, 6.45) is -3.10. The minimum atomic E-state index is -4.55. The first-order valence-corrected chi connectivity index (χ1v) is 9.01. The monoisotopic (exact) mass is 415 g/mol. The molecule has 2 aromatic rings. The minimum Gasteiger partial charge on any atom is -0.323 e. The van der Waals surface area contributed by atoms with Crippen LogP contribution in [0.25, 0.3) is 0 Å². The first-order valence-electron chi connectivity index (χ1n) is 7.76. The number of rotatable bonds is 3. The Morgan fingerprint density at radius 3 is 2.70 bits per heavy atom. The lowest BCUT2D eigenvalue weighted by molar-refractivity contribution is -0.137. The fourth-order valence-corrected chi connectivity index (χ4v) is 3.51. The van der Waals surface area contributed by atoms with E-state index in [1.165, 1.54) is 17.2 Å². The van der Waals surface area contributed by atoms with Crippen LogP contribution in [-0.4, -0.2) is 28.6 Å². The zero-order chi connectivity index (χ0) is 19.8. The highest BCUT2D eigenvalue weighted by atomic mass is 35.5. The Kier molecular flexibility index (Phi) is 5.34. The number of pyridine rings is 1. The van der Waals surface area contributed by atoms with Gasteiger partial charge in [-0.25, -0.2) is 4.98 Å². The molecule has 0 radical (unpaired) electrons. The van der Waals surface area contributed by atoms with Gasteiger partial charge in [0.2, 0.25) is 11.8 Å². The van der Waals surface area contributed by atoms with E-state index in [1.807, 2.05) is 0 Å².